The minimum absolute atomic E-state index is 0.0683. The Balaban J connectivity index is 1.98. The highest BCUT2D eigenvalue weighted by atomic mass is 16.4. The number of aromatic nitrogens is 2. The second-order valence-corrected chi connectivity index (χ2v) is 6.20. The maximum absolute atomic E-state index is 13.0. The molecule has 2 aromatic carbocycles. The number of nitrogens with one attached hydrogen (secondary N) is 2. The van der Waals surface area contributed by atoms with Gasteiger partial charge in [0.25, 0.3) is 5.56 Å². The lowest BCUT2D eigenvalue weighted by Gasteiger charge is -2.19. The summed E-state index contributed by atoms with van der Waals surface area (Å²) in [7, 11) is 0. The number of H-pyrrole nitrogens is 2. The van der Waals surface area contributed by atoms with Gasteiger partial charge in [0.05, 0.1) is 11.1 Å². The molecule has 1 aliphatic rings. The molecule has 0 amide bonds. The summed E-state index contributed by atoms with van der Waals surface area (Å²) >= 11 is 0. The van der Waals surface area contributed by atoms with Crippen LogP contribution in [0.5, 0.6) is 5.88 Å². The average Bonchev–Trinajstić information content (AvgIpc) is 2.70. The maximum atomic E-state index is 13.0. The highest BCUT2D eigenvalue weighted by Gasteiger charge is 2.34. The van der Waals surface area contributed by atoms with E-state index in [1.807, 2.05) is 9.97 Å². The molecule has 0 radical (unpaired) electrons. The lowest BCUT2D eigenvalue weighted by atomic mass is 9.82. The summed E-state index contributed by atoms with van der Waals surface area (Å²) in [5, 5.41) is 26.4. The van der Waals surface area contributed by atoms with E-state index in [0.717, 1.165) is 6.07 Å². The van der Waals surface area contributed by atoms with Gasteiger partial charge in [-0.3, -0.25) is 24.4 Å². The number of aromatic carboxylic acids is 1. The van der Waals surface area contributed by atoms with Crippen molar-refractivity contribution in [3.63, 3.8) is 0 Å². The number of hydrogen-bond acceptors (Lipinski definition) is 8. The fourth-order valence-electron chi connectivity index (χ4n) is 3.11. The Kier molecular flexibility index (Phi) is 4.20. The molecular formula is C19H10N4O7. The van der Waals surface area contributed by atoms with E-state index >= 15 is 0 Å². The molecular weight excluding hydrogens is 396 g/mol. The number of carboxylic acid groups (broad SMARTS) is 1. The monoisotopic (exact) mass is 406 g/mol. The van der Waals surface area contributed by atoms with Gasteiger partial charge in [0, 0.05) is 16.7 Å². The van der Waals surface area contributed by atoms with Crippen LogP contribution in [-0.2, 0) is 0 Å². The molecule has 0 unspecified atom stereocenters. The third-order valence-electron chi connectivity index (χ3n) is 4.44. The second-order valence-electron chi connectivity index (χ2n) is 6.20. The van der Waals surface area contributed by atoms with Gasteiger partial charge < -0.3 is 10.2 Å². The SMILES string of the molecule is O=C(O)c1ccc2c(c1N=Nc1c(O)[nH]c(=O)[nH]c1=O)C(=O)c1ccccc1C2=O. The van der Waals surface area contributed by atoms with E-state index < -0.39 is 51.6 Å². The zero-order valence-corrected chi connectivity index (χ0v) is 14.8. The predicted octanol–water partition coefficient (Wildman–Crippen LogP) is 1.66. The largest absolute Gasteiger partial charge is 0.493 e. The number of hydrogen-bond donors (Lipinski definition) is 4. The minimum atomic E-state index is -1.45. The van der Waals surface area contributed by atoms with Gasteiger partial charge in [-0.05, 0) is 12.1 Å². The van der Waals surface area contributed by atoms with Crippen LogP contribution < -0.4 is 11.2 Å². The van der Waals surface area contributed by atoms with Crippen molar-refractivity contribution in [3.05, 3.63) is 85.1 Å². The van der Waals surface area contributed by atoms with Gasteiger partial charge in [-0.25, -0.2) is 9.59 Å². The van der Waals surface area contributed by atoms with E-state index in [1.54, 1.807) is 12.1 Å². The molecule has 0 fully saturated rings. The van der Waals surface area contributed by atoms with Crippen LogP contribution >= 0.6 is 0 Å². The van der Waals surface area contributed by atoms with E-state index in [-0.39, 0.29) is 22.3 Å². The van der Waals surface area contributed by atoms with Crippen molar-refractivity contribution in [3.8, 4) is 5.88 Å². The van der Waals surface area contributed by atoms with Crippen LogP contribution in [0, 0.1) is 0 Å². The number of fused-ring (bicyclic) bond motifs is 2. The van der Waals surface area contributed by atoms with Crippen molar-refractivity contribution in [1.29, 1.82) is 0 Å². The number of aromatic amines is 2. The molecule has 0 atom stereocenters. The highest BCUT2D eigenvalue weighted by Crippen LogP contribution is 2.36. The molecule has 1 heterocycles. The predicted molar refractivity (Wildman–Crippen MR) is 100 cm³/mol. The first-order valence-electron chi connectivity index (χ1n) is 8.35. The molecule has 0 bridgehead atoms. The molecule has 0 saturated heterocycles. The molecule has 1 aliphatic carbocycles. The Morgan fingerprint density at radius 2 is 1.43 bits per heavy atom. The Morgan fingerprint density at radius 3 is 2.07 bits per heavy atom. The minimum Gasteiger partial charge on any atom is -0.493 e. The van der Waals surface area contributed by atoms with Gasteiger partial charge in [0.1, 0.15) is 5.69 Å². The van der Waals surface area contributed by atoms with Gasteiger partial charge in [-0.1, -0.05) is 24.3 Å². The topological polar surface area (TPSA) is 182 Å². The van der Waals surface area contributed by atoms with Crippen molar-refractivity contribution in [1.82, 2.24) is 9.97 Å². The summed E-state index contributed by atoms with van der Waals surface area (Å²) in [6.45, 7) is 0. The lowest BCUT2D eigenvalue weighted by molar-refractivity contribution is 0.0697. The molecule has 0 spiro atoms. The third-order valence-corrected chi connectivity index (χ3v) is 4.44. The molecule has 0 saturated carbocycles. The van der Waals surface area contributed by atoms with E-state index in [9.17, 15) is 34.2 Å². The average molecular weight is 406 g/mol. The highest BCUT2D eigenvalue weighted by molar-refractivity contribution is 6.30. The number of benzene rings is 2. The Morgan fingerprint density at radius 1 is 0.800 bits per heavy atom. The number of azo groups is 1. The molecule has 30 heavy (non-hydrogen) atoms. The zero-order valence-electron chi connectivity index (χ0n) is 14.8. The summed E-state index contributed by atoms with van der Waals surface area (Å²) in [5.74, 6) is -3.50. The van der Waals surface area contributed by atoms with Crippen molar-refractivity contribution in [2.24, 2.45) is 10.2 Å². The summed E-state index contributed by atoms with van der Waals surface area (Å²) in [6, 6.07) is 8.33. The summed E-state index contributed by atoms with van der Waals surface area (Å²) in [5.41, 5.74) is -3.82. The Hall–Kier alpha value is -4.67. The summed E-state index contributed by atoms with van der Waals surface area (Å²) < 4.78 is 0. The van der Waals surface area contributed by atoms with Crippen molar-refractivity contribution >= 4 is 28.9 Å². The van der Waals surface area contributed by atoms with Crippen molar-refractivity contribution in [2.75, 3.05) is 0 Å². The number of rotatable bonds is 3. The number of carbonyl (C=O) groups excluding carboxylic acids is 2. The van der Waals surface area contributed by atoms with Gasteiger partial charge in [-0.15, -0.1) is 10.2 Å². The molecule has 1 aromatic heterocycles. The van der Waals surface area contributed by atoms with Crippen LogP contribution in [0.2, 0.25) is 0 Å². The number of ketones is 2. The lowest BCUT2D eigenvalue weighted by Crippen LogP contribution is -2.22. The van der Waals surface area contributed by atoms with E-state index in [2.05, 4.69) is 10.2 Å². The summed E-state index contributed by atoms with van der Waals surface area (Å²) in [4.78, 5) is 64.2. The third kappa shape index (κ3) is 2.81. The Labute approximate surface area is 165 Å². The number of nitrogens with zero attached hydrogens (tertiary/aromatic N) is 2. The van der Waals surface area contributed by atoms with Gasteiger partial charge in [0.2, 0.25) is 11.6 Å². The van der Waals surface area contributed by atoms with Crippen LogP contribution in [0.1, 0.15) is 42.2 Å². The van der Waals surface area contributed by atoms with Crippen LogP contribution in [0.15, 0.2) is 56.2 Å². The molecule has 11 nitrogen and oxygen atoms in total. The quantitative estimate of drug-likeness (QED) is 0.373. The smallest absolute Gasteiger partial charge is 0.337 e. The molecule has 148 valence electrons. The molecule has 11 heteroatoms. The first kappa shape index (κ1) is 18.7. The number of carbonyl (C=O) groups is 3. The van der Waals surface area contributed by atoms with Gasteiger partial charge in [-0.2, -0.15) is 0 Å². The fourth-order valence-corrected chi connectivity index (χ4v) is 3.11. The van der Waals surface area contributed by atoms with E-state index in [0.29, 0.717) is 0 Å². The van der Waals surface area contributed by atoms with Gasteiger partial charge >= 0.3 is 11.7 Å². The second kappa shape index (κ2) is 6.74. The van der Waals surface area contributed by atoms with E-state index in [1.165, 1.54) is 18.2 Å². The first-order valence-corrected chi connectivity index (χ1v) is 8.35. The number of aromatic hydroxyl groups is 1. The first-order chi connectivity index (χ1) is 14.3. The van der Waals surface area contributed by atoms with Crippen LogP contribution in [-0.4, -0.2) is 37.7 Å². The summed E-state index contributed by atoms with van der Waals surface area (Å²) in [6.07, 6.45) is 0. The zero-order chi connectivity index (χ0) is 21.6. The van der Waals surface area contributed by atoms with E-state index in [4.69, 9.17) is 0 Å². The normalized spacial score (nSPS) is 12.7. The fraction of sp³-hybridized carbons (Fsp3) is 0. The Bertz CT molecular complexity index is 1420. The van der Waals surface area contributed by atoms with Gasteiger partial charge in [0.15, 0.2) is 11.6 Å². The van der Waals surface area contributed by atoms with Crippen molar-refractivity contribution in [2.45, 2.75) is 0 Å². The van der Waals surface area contributed by atoms with Crippen molar-refractivity contribution < 1.29 is 24.6 Å². The molecule has 3 aromatic rings. The standard InChI is InChI=1S/C19H10N4O7/c24-14-7-3-1-2-4-8(7)15(25)11-9(14)5-6-10(18(28)29)12(11)22-23-13-16(26)20-19(30)21-17(13)27/h1-6H,(H,28,29)(H3,20,21,26,27,30). The maximum Gasteiger partial charge on any atom is 0.337 e. The molecule has 4 rings (SSSR count). The molecule has 4 N–H and O–H groups in total. The van der Waals surface area contributed by atoms with Crippen LogP contribution in [0.25, 0.3) is 0 Å². The van der Waals surface area contributed by atoms with Crippen LogP contribution in [0.4, 0.5) is 11.4 Å². The molecule has 0 aliphatic heterocycles. The van der Waals surface area contributed by atoms with Crippen LogP contribution in [0.3, 0.4) is 0 Å². The number of carboxylic acids is 1.